The molecule has 0 saturated heterocycles. The highest BCUT2D eigenvalue weighted by atomic mass is 35.5. The summed E-state index contributed by atoms with van der Waals surface area (Å²) in [5, 5.41) is 9.30. The Hall–Kier alpha value is -1.25. The first kappa shape index (κ1) is 13.8. The van der Waals surface area contributed by atoms with Gasteiger partial charge in [-0.25, -0.2) is 8.42 Å². The van der Waals surface area contributed by atoms with E-state index in [-0.39, 0.29) is 12.4 Å². The maximum atomic E-state index is 10.9. The van der Waals surface area contributed by atoms with E-state index in [1.165, 1.54) is 6.26 Å². The van der Waals surface area contributed by atoms with E-state index in [0.29, 0.717) is 22.8 Å². The molecule has 4 nitrogen and oxygen atoms in total. The normalized spacial score (nSPS) is 10.9. The zero-order chi connectivity index (χ0) is 12.9. The van der Waals surface area contributed by atoms with Crippen molar-refractivity contribution in [2.24, 2.45) is 0 Å². The monoisotopic (exact) mass is 273 g/mol. The van der Waals surface area contributed by atoms with Crippen LogP contribution in [0.15, 0.2) is 18.2 Å². The van der Waals surface area contributed by atoms with Crippen molar-refractivity contribution in [3.05, 3.63) is 28.8 Å². The first-order valence-electron chi connectivity index (χ1n) is 4.92. The van der Waals surface area contributed by atoms with Crippen LogP contribution in [0.2, 0.25) is 5.02 Å². The number of halogens is 1. The van der Waals surface area contributed by atoms with Gasteiger partial charge in [0, 0.05) is 17.3 Å². The number of rotatable bonds is 5. The number of sulfone groups is 1. The largest absolute Gasteiger partial charge is 0.492 e. The van der Waals surface area contributed by atoms with E-state index < -0.39 is 9.84 Å². The third-order valence-corrected chi connectivity index (χ3v) is 3.25. The molecular formula is C11H12ClNO3S. The lowest BCUT2D eigenvalue weighted by Crippen LogP contribution is -2.08. The molecule has 0 aliphatic heterocycles. The topological polar surface area (TPSA) is 67.2 Å². The number of benzene rings is 1. The van der Waals surface area contributed by atoms with Crippen LogP contribution in [0.1, 0.15) is 12.0 Å². The molecule has 0 aromatic heterocycles. The molecule has 6 heteroatoms. The molecule has 1 aromatic carbocycles. The molecule has 0 aliphatic carbocycles. The van der Waals surface area contributed by atoms with Crippen molar-refractivity contribution in [2.75, 3.05) is 18.6 Å². The van der Waals surface area contributed by atoms with E-state index in [4.69, 9.17) is 21.6 Å². The molecule has 1 aromatic rings. The Kier molecular flexibility index (Phi) is 4.79. The summed E-state index contributed by atoms with van der Waals surface area (Å²) in [6, 6.07) is 6.68. The van der Waals surface area contributed by atoms with Crippen LogP contribution in [-0.4, -0.2) is 27.0 Å². The van der Waals surface area contributed by atoms with E-state index in [2.05, 4.69) is 0 Å². The van der Waals surface area contributed by atoms with Gasteiger partial charge in [0.1, 0.15) is 21.7 Å². The summed E-state index contributed by atoms with van der Waals surface area (Å²) in [4.78, 5) is 0. The molecule has 1 rings (SSSR count). The number of hydrogen-bond acceptors (Lipinski definition) is 4. The number of hydrogen-bond donors (Lipinski definition) is 0. The average Bonchev–Trinajstić information content (AvgIpc) is 2.23. The van der Waals surface area contributed by atoms with Gasteiger partial charge >= 0.3 is 0 Å². The highest BCUT2D eigenvalue weighted by Gasteiger charge is 2.06. The quantitative estimate of drug-likeness (QED) is 0.770. The third kappa shape index (κ3) is 5.07. The molecule has 0 saturated carbocycles. The van der Waals surface area contributed by atoms with Crippen molar-refractivity contribution >= 4 is 21.4 Å². The zero-order valence-electron chi connectivity index (χ0n) is 9.31. The minimum Gasteiger partial charge on any atom is -0.492 e. The standard InChI is InChI=1S/C11H12ClNO3S/c1-17(14,15)6-2-5-16-11-7-10(12)4-3-9(11)8-13/h3-4,7H,2,5-6H2,1H3. The summed E-state index contributed by atoms with van der Waals surface area (Å²) in [6.45, 7) is 0.238. The molecule has 92 valence electrons. The summed E-state index contributed by atoms with van der Waals surface area (Å²) < 4.78 is 27.1. The van der Waals surface area contributed by atoms with Crippen LogP contribution in [0.4, 0.5) is 0 Å². The van der Waals surface area contributed by atoms with Crippen molar-refractivity contribution in [3.8, 4) is 11.8 Å². The van der Waals surface area contributed by atoms with Gasteiger partial charge in [0.15, 0.2) is 0 Å². The van der Waals surface area contributed by atoms with E-state index >= 15 is 0 Å². The predicted octanol–water partition coefficient (Wildman–Crippen LogP) is 2.03. The Balaban J connectivity index is 2.58. The molecule has 0 radical (unpaired) electrons. The molecule has 0 fully saturated rings. The Bertz CT molecular complexity index is 534. The van der Waals surface area contributed by atoms with Crippen molar-refractivity contribution in [1.82, 2.24) is 0 Å². The molecule has 0 atom stereocenters. The van der Waals surface area contributed by atoms with Gasteiger partial charge < -0.3 is 4.74 Å². The SMILES string of the molecule is CS(=O)(=O)CCCOc1cc(Cl)ccc1C#N. The van der Waals surface area contributed by atoms with E-state index in [9.17, 15) is 8.42 Å². The van der Waals surface area contributed by atoms with Crippen LogP contribution in [0.3, 0.4) is 0 Å². The molecule has 17 heavy (non-hydrogen) atoms. The second-order valence-electron chi connectivity index (χ2n) is 3.58. The number of nitriles is 1. The van der Waals surface area contributed by atoms with Crippen LogP contribution in [0, 0.1) is 11.3 Å². The van der Waals surface area contributed by atoms with Gasteiger partial charge in [0.05, 0.1) is 17.9 Å². The molecule has 0 heterocycles. The fraction of sp³-hybridized carbons (Fsp3) is 0.364. The molecule has 0 unspecified atom stereocenters. The second kappa shape index (κ2) is 5.89. The molecule has 0 aliphatic rings. The Morgan fingerprint density at radius 1 is 1.47 bits per heavy atom. The van der Waals surface area contributed by atoms with Crippen LogP contribution >= 0.6 is 11.6 Å². The van der Waals surface area contributed by atoms with Gasteiger partial charge in [-0.1, -0.05) is 11.6 Å². The Morgan fingerprint density at radius 3 is 2.76 bits per heavy atom. The minimum atomic E-state index is -2.97. The molecule has 0 amide bonds. The predicted molar refractivity (Wildman–Crippen MR) is 66.0 cm³/mol. The maximum absolute atomic E-state index is 10.9. The number of nitrogens with zero attached hydrogens (tertiary/aromatic N) is 1. The molecule has 0 spiro atoms. The summed E-state index contributed by atoms with van der Waals surface area (Å²) >= 11 is 5.77. The van der Waals surface area contributed by atoms with Crippen LogP contribution in [0.5, 0.6) is 5.75 Å². The Morgan fingerprint density at radius 2 is 2.18 bits per heavy atom. The van der Waals surface area contributed by atoms with Gasteiger partial charge in [0.2, 0.25) is 0 Å². The maximum Gasteiger partial charge on any atom is 0.147 e. The molecule has 0 N–H and O–H groups in total. The summed E-state index contributed by atoms with van der Waals surface area (Å²) in [6.07, 6.45) is 1.56. The summed E-state index contributed by atoms with van der Waals surface area (Å²) in [5.41, 5.74) is 0.383. The fourth-order valence-corrected chi connectivity index (χ4v) is 2.02. The summed E-state index contributed by atoms with van der Waals surface area (Å²) in [7, 11) is -2.97. The summed E-state index contributed by atoms with van der Waals surface area (Å²) in [5.74, 6) is 0.448. The van der Waals surface area contributed by atoms with E-state index in [1.54, 1.807) is 18.2 Å². The second-order valence-corrected chi connectivity index (χ2v) is 6.28. The molecule has 0 bridgehead atoms. The first-order chi connectivity index (χ1) is 7.92. The van der Waals surface area contributed by atoms with E-state index in [1.807, 2.05) is 6.07 Å². The minimum absolute atomic E-state index is 0.0649. The van der Waals surface area contributed by atoms with Gasteiger partial charge in [-0.05, 0) is 18.6 Å². The highest BCUT2D eigenvalue weighted by molar-refractivity contribution is 7.90. The zero-order valence-corrected chi connectivity index (χ0v) is 10.9. The lowest BCUT2D eigenvalue weighted by atomic mass is 10.2. The van der Waals surface area contributed by atoms with Gasteiger partial charge in [-0.15, -0.1) is 0 Å². The lowest BCUT2D eigenvalue weighted by molar-refractivity contribution is 0.317. The number of ether oxygens (including phenoxy) is 1. The van der Waals surface area contributed by atoms with Crippen LogP contribution < -0.4 is 4.74 Å². The average molecular weight is 274 g/mol. The lowest BCUT2D eigenvalue weighted by Gasteiger charge is -2.07. The van der Waals surface area contributed by atoms with Gasteiger partial charge in [-0.2, -0.15) is 5.26 Å². The van der Waals surface area contributed by atoms with Crippen molar-refractivity contribution < 1.29 is 13.2 Å². The van der Waals surface area contributed by atoms with Crippen LogP contribution in [-0.2, 0) is 9.84 Å². The van der Waals surface area contributed by atoms with Crippen molar-refractivity contribution in [1.29, 1.82) is 5.26 Å². The smallest absolute Gasteiger partial charge is 0.147 e. The Labute approximate surface area is 106 Å². The highest BCUT2D eigenvalue weighted by Crippen LogP contribution is 2.22. The van der Waals surface area contributed by atoms with Crippen molar-refractivity contribution in [3.63, 3.8) is 0 Å². The van der Waals surface area contributed by atoms with Crippen LogP contribution in [0.25, 0.3) is 0 Å². The van der Waals surface area contributed by atoms with Gasteiger partial charge in [0.25, 0.3) is 0 Å². The fourth-order valence-electron chi connectivity index (χ4n) is 1.21. The van der Waals surface area contributed by atoms with E-state index in [0.717, 1.165) is 0 Å². The third-order valence-electron chi connectivity index (χ3n) is 1.98. The van der Waals surface area contributed by atoms with Gasteiger partial charge in [-0.3, -0.25) is 0 Å². The van der Waals surface area contributed by atoms with Crippen molar-refractivity contribution in [2.45, 2.75) is 6.42 Å². The first-order valence-corrected chi connectivity index (χ1v) is 7.36. The molecular weight excluding hydrogens is 262 g/mol.